The molecule has 1 saturated heterocycles. The van der Waals surface area contributed by atoms with E-state index in [0.717, 1.165) is 41.7 Å². The predicted octanol–water partition coefficient (Wildman–Crippen LogP) is 2.66. The number of piperidine rings is 1. The van der Waals surface area contributed by atoms with Crippen molar-refractivity contribution < 1.29 is 13.9 Å². The van der Waals surface area contributed by atoms with Crippen LogP contribution in [0.15, 0.2) is 28.9 Å². The van der Waals surface area contributed by atoms with Crippen LogP contribution in [0.3, 0.4) is 0 Å². The molecule has 2 heterocycles. The zero-order valence-corrected chi connectivity index (χ0v) is 14.2. The van der Waals surface area contributed by atoms with Gasteiger partial charge in [0.05, 0.1) is 19.8 Å². The lowest BCUT2D eigenvalue weighted by Gasteiger charge is -2.30. The molecule has 23 heavy (non-hydrogen) atoms. The lowest BCUT2D eigenvalue weighted by Crippen LogP contribution is -2.52. The molecule has 0 bridgehead atoms. The third-order valence-corrected chi connectivity index (χ3v) is 4.32. The number of amides is 1. The molecule has 1 aromatic carbocycles. The number of hydrogen-bond donors (Lipinski definition) is 2. The molecule has 126 valence electrons. The van der Waals surface area contributed by atoms with Crippen LogP contribution >= 0.6 is 12.4 Å². The van der Waals surface area contributed by atoms with Gasteiger partial charge in [-0.05, 0) is 38.4 Å². The van der Waals surface area contributed by atoms with Crippen molar-refractivity contribution in [3.05, 3.63) is 30.0 Å². The first-order valence-electron chi connectivity index (χ1n) is 7.74. The molecule has 0 spiro atoms. The van der Waals surface area contributed by atoms with Crippen molar-refractivity contribution >= 4 is 29.3 Å². The summed E-state index contributed by atoms with van der Waals surface area (Å²) in [6.07, 6.45) is 4.13. The second-order valence-corrected chi connectivity index (χ2v) is 5.86. The summed E-state index contributed by atoms with van der Waals surface area (Å²) in [4.78, 5) is 12.3. The fraction of sp³-hybridized carbons (Fsp3) is 0.471. The average Bonchev–Trinajstić information content (AvgIpc) is 2.91. The normalized spacial score (nSPS) is 20.8. The molecule has 0 saturated carbocycles. The monoisotopic (exact) mass is 338 g/mol. The van der Waals surface area contributed by atoms with Crippen LogP contribution in [-0.4, -0.2) is 31.6 Å². The molecule has 2 unspecified atom stereocenters. The highest BCUT2D eigenvalue weighted by Crippen LogP contribution is 2.26. The van der Waals surface area contributed by atoms with Crippen LogP contribution in [0, 0.1) is 0 Å². The summed E-state index contributed by atoms with van der Waals surface area (Å²) in [6, 6.07) is 6.18. The Labute approximate surface area is 142 Å². The number of ether oxygens (including phenoxy) is 1. The highest BCUT2D eigenvalue weighted by molar-refractivity contribution is 5.88. The minimum Gasteiger partial charge on any atom is -0.497 e. The maximum atomic E-state index is 12.3. The van der Waals surface area contributed by atoms with Crippen LogP contribution in [0.1, 0.15) is 25.3 Å². The SMILES string of the molecule is COc1ccc2c(CC(=O)NC3CCCNC3C)coc2c1.Cl. The van der Waals surface area contributed by atoms with E-state index < -0.39 is 0 Å². The molecule has 6 heteroatoms. The summed E-state index contributed by atoms with van der Waals surface area (Å²) in [6.45, 7) is 3.14. The second-order valence-electron chi connectivity index (χ2n) is 5.86. The molecule has 2 atom stereocenters. The Hall–Kier alpha value is -1.72. The number of methoxy groups -OCH3 is 1. The van der Waals surface area contributed by atoms with Gasteiger partial charge in [0, 0.05) is 29.1 Å². The van der Waals surface area contributed by atoms with E-state index in [2.05, 4.69) is 17.6 Å². The highest BCUT2D eigenvalue weighted by atomic mass is 35.5. The molecule has 1 amide bonds. The van der Waals surface area contributed by atoms with Crippen molar-refractivity contribution in [1.29, 1.82) is 0 Å². The fourth-order valence-corrected chi connectivity index (χ4v) is 3.00. The summed E-state index contributed by atoms with van der Waals surface area (Å²) in [7, 11) is 1.62. The van der Waals surface area contributed by atoms with Crippen molar-refractivity contribution in [2.75, 3.05) is 13.7 Å². The lowest BCUT2D eigenvalue weighted by atomic mass is 9.99. The van der Waals surface area contributed by atoms with Gasteiger partial charge in [-0.3, -0.25) is 4.79 Å². The van der Waals surface area contributed by atoms with Gasteiger partial charge in [-0.25, -0.2) is 0 Å². The van der Waals surface area contributed by atoms with Gasteiger partial charge in [0.1, 0.15) is 11.3 Å². The molecule has 5 nitrogen and oxygen atoms in total. The number of rotatable bonds is 4. The van der Waals surface area contributed by atoms with E-state index in [4.69, 9.17) is 9.15 Å². The first-order valence-corrected chi connectivity index (χ1v) is 7.74. The Balaban J connectivity index is 0.00000192. The molecule has 1 aliphatic rings. The van der Waals surface area contributed by atoms with Crippen LogP contribution in [-0.2, 0) is 11.2 Å². The van der Waals surface area contributed by atoms with Gasteiger partial charge in [-0.2, -0.15) is 0 Å². The maximum absolute atomic E-state index is 12.3. The van der Waals surface area contributed by atoms with Crippen LogP contribution in [0.5, 0.6) is 5.75 Å². The molecular weight excluding hydrogens is 316 g/mol. The Morgan fingerprint density at radius 3 is 3.04 bits per heavy atom. The van der Waals surface area contributed by atoms with Gasteiger partial charge in [-0.15, -0.1) is 12.4 Å². The smallest absolute Gasteiger partial charge is 0.224 e. The molecule has 1 fully saturated rings. The molecule has 1 aromatic heterocycles. The molecule has 0 radical (unpaired) electrons. The molecule has 2 aromatic rings. The molecule has 1 aliphatic heterocycles. The summed E-state index contributed by atoms with van der Waals surface area (Å²) >= 11 is 0. The quantitative estimate of drug-likeness (QED) is 0.899. The summed E-state index contributed by atoms with van der Waals surface area (Å²) < 4.78 is 10.7. The van der Waals surface area contributed by atoms with Gasteiger partial charge in [0.2, 0.25) is 5.91 Å². The van der Waals surface area contributed by atoms with E-state index in [1.165, 1.54) is 0 Å². The third kappa shape index (κ3) is 3.98. The van der Waals surface area contributed by atoms with E-state index >= 15 is 0 Å². The number of benzene rings is 1. The number of furan rings is 1. The number of fused-ring (bicyclic) bond motifs is 1. The maximum Gasteiger partial charge on any atom is 0.224 e. The van der Waals surface area contributed by atoms with Crippen molar-refractivity contribution in [1.82, 2.24) is 10.6 Å². The summed E-state index contributed by atoms with van der Waals surface area (Å²) in [5.74, 6) is 0.791. The Kier molecular flexibility index (Phi) is 5.91. The Morgan fingerprint density at radius 2 is 2.30 bits per heavy atom. The van der Waals surface area contributed by atoms with Crippen LogP contribution in [0.4, 0.5) is 0 Å². The fourth-order valence-electron chi connectivity index (χ4n) is 3.00. The number of carbonyl (C=O) groups excluding carboxylic acids is 1. The van der Waals surface area contributed by atoms with Gasteiger partial charge >= 0.3 is 0 Å². The number of nitrogens with one attached hydrogen (secondary N) is 2. The first kappa shape index (κ1) is 17.6. The van der Waals surface area contributed by atoms with E-state index in [1.54, 1.807) is 13.4 Å². The standard InChI is InChI=1S/C17H22N2O3.ClH/c1-11-15(4-3-7-18-11)19-17(20)8-12-10-22-16-9-13(21-2)5-6-14(12)16;/h5-6,9-11,15,18H,3-4,7-8H2,1-2H3,(H,19,20);1H. The van der Waals surface area contributed by atoms with E-state index in [-0.39, 0.29) is 24.4 Å². The van der Waals surface area contributed by atoms with Gasteiger partial charge in [0.25, 0.3) is 0 Å². The largest absolute Gasteiger partial charge is 0.497 e. The zero-order valence-electron chi connectivity index (χ0n) is 13.4. The van der Waals surface area contributed by atoms with Crippen molar-refractivity contribution in [3.63, 3.8) is 0 Å². The third-order valence-electron chi connectivity index (χ3n) is 4.32. The van der Waals surface area contributed by atoms with Crippen LogP contribution < -0.4 is 15.4 Å². The highest BCUT2D eigenvalue weighted by Gasteiger charge is 2.22. The molecule has 0 aliphatic carbocycles. The van der Waals surface area contributed by atoms with Crippen LogP contribution in [0.2, 0.25) is 0 Å². The number of hydrogen-bond acceptors (Lipinski definition) is 4. The van der Waals surface area contributed by atoms with Gasteiger partial charge < -0.3 is 19.8 Å². The average molecular weight is 339 g/mol. The van der Waals surface area contributed by atoms with E-state index in [0.29, 0.717) is 12.5 Å². The van der Waals surface area contributed by atoms with Crippen molar-refractivity contribution in [2.45, 2.75) is 38.3 Å². The molecule has 2 N–H and O–H groups in total. The van der Waals surface area contributed by atoms with E-state index in [1.807, 2.05) is 18.2 Å². The lowest BCUT2D eigenvalue weighted by molar-refractivity contribution is -0.121. The predicted molar refractivity (Wildman–Crippen MR) is 92.3 cm³/mol. The van der Waals surface area contributed by atoms with Gasteiger partial charge in [-0.1, -0.05) is 0 Å². The Bertz CT molecular complexity index is 671. The zero-order chi connectivity index (χ0) is 15.5. The van der Waals surface area contributed by atoms with Crippen molar-refractivity contribution in [3.8, 4) is 5.75 Å². The number of halogens is 1. The van der Waals surface area contributed by atoms with E-state index in [9.17, 15) is 4.79 Å². The molecular formula is C17H23ClN2O3. The Morgan fingerprint density at radius 1 is 1.48 bits per heavy atom. The van der Waals surface area contributed by atoms with Crippen LogP contribution in [0.25, 0.3) is 11.0 Å². The van der Waals surface area contributed by atoms with Gasteiger partial charge in [0.15, 0.2) is 0 Å². The topological polar surface area (TPSA) is 63.5 Å². The minimum atomic E-state index is 0. The number of carbonyl (C=O) groups is 1. The summed E-state index contributed by atoms with van der Waals surface area (Å²) in [5, 5.41) is 7.48. The summed E-state index contributed by atoms with van der Waals surface area (Å²) in [5.41, 5.74) is 1.65. The van der Waals surface area contributed by atoms with Crippen molar-refractivity contribution in [2.24, 2.45) is 0 Å². The first-order chi connectivity index (χ1) is 10.7. The second kappa shape index (κ2) is 7.70. The molecule has 3 rings (SSSR count). The minimum absolute atomic E-state index is 0.